The number of rotatable bonds is 4. The van der Waals surface area contributed by atoms with Crippen molar-refractivity contribution in [1.29, 1.82) is 0 Å². The number of benzene rings is 1. The number of H-pyrrole nitrogens is 1. The minimum absolute atomic E-state index is 0.139. The van der Waals surface area contributed by atoms with Gasteiger partial charge in [-0.2, -0.15) is 5.10 Å². The number of aryl methyl sites for hydroxylation is 1. The number of amides is 1. The fourth-order valence-electron chi connectivity index (χ4n) is 6.13. The Balaban J connectivity index is 0.000000821. The summed E-state index contributed by atoms with van der Waals surface area (Å²) in [5.41, 5.74) is 2.92. The zero-order valence-corrected chi connectivity index (χ0v) is 19.4. The lowest BCUT2D eigenvalue weighted by atomic mass is 9.71. The minimum atomic E-state index is -0.250. The summed E-state index contributed by atoms with van der Waals surface area (Å²) < 4.78 is 5.46. The molecule has 4 atom stereocenters. The number of likely N-dealkylation sites (tertiary alicyclic amines) is 1. The molecular formula is C25H34N4O4. The number of aromatic amines is 1. The maximum Gasteiger partial charge on any atom is 0.290 e. The number of piperidine rings is 3. The summed E-state index contributed by atoms with van der Waals surface area (Å²) in [6.07, 6.45) is 7.81. The van der Waals surface area contributed by atoms with Crippen LogP contribution in [0.3, 0.4) is 0 Å². The molecule has 1 aromatic carbocycles. The van der Waals surface area contributed by atoms with Gasteiger partial charge < -0.3 is 14.7 Å². The monoisotopic (exact) mass is 454 g/mol. The molecule has 0 saturated carbocycles. The molecule has 3 fully saturated rings. The van der Waals surface area contributed by atoms with Crippen molar-refractivity contribution >= 4 is 12.4 Å². The van der Waals surface area contributed by atoms with Gasteiger partial charge >= 0.3 is 0 Å². The Bertz CT molecular complexity index is 961. The average molecular weight is 455 g/mol. The van der Waals surface area contributed by atoms with Gasteiger partial charge in [-0.15, -0.1) is 0 Å². The van der Waals surface area contributed by atoms with E-state index in [0.717, 1.165) is 36.5 Å². The van der Waals surface area contributed by atoms with E-state index in [9.17, 15) is 4.79 Å². The molecule has 1 aromatic heterocycles. The van der Waals surface area contributed by atoms with Crippen LogP contribution in [0.25, 0.3) is 0 Å². The van der Waals surface area contributed by atoms with Gasteiger partial charge in [-0.3, -0.25) is 19.6 Å². The number of carboxylic acid groups (broad SMARTS) is 1. The Morgan fingerprint density at radius 2 is 2.09 bits per heavy atom. The van der Waals surface area contributed by atoms with Gasteiger partial charge in [0.05, 0.1) is 18.9 Å². The summed E-state index contributed by atoms with van der Waals surface area (Å²) in [6.45, 7) is 4.60. The molecule has 2 N–H and O–H groups in total. The molecule has 0 unspecified atom stereocenters. The van der Waals surface area contributed by atoms with Crippen LogP contribution in [0.4, 0.5) is 0 Å². The molecule has 3 aliphatic rings. The van der Waals surface area contributed by atoms with Crippen LogP contribution < -0.4 is 4.74 Å². The minimum Gasteiger partial charge on any atom is -0.497 e. The summed E-state index contributed by atoms with van der Waals surface area (Å²) in [4.78, 5) is 26.5. The Morgan fingerprint density at radius 3 is 2.82 bits per heavy atom. The molecule has 2 bridgehead atoms. The number of aromatic nitrogens is 2. The van der Waals surface area contributed by atoms with Crippen LogP contribution in [0.5, 0.6) is 5.75 Å². The van der Waals surface area contributed by atoms with Gasteiger partial charge in [-0.25, -0.2) is 0 Å². The normalized spacial score (nSPS) is 26.5. The maximum atomic E-state index is 13.3. The van der Waals surface area contributed by atoms with E-state index in [-0.39, 0.29) is 12.4 Å². The number of methoxy groups -OCH3 is 1. The van der Waals surface area contributed by atoms with Crippen LogP contribution in [0.1, 0.15) is 47.3 Å². The molecule has 33 heavy (non-hydrogen) atoms. The molecule has 8 heteroatoms. The van der Waals surface area contributed by atoms with Crippen LogP contribution in [-0.4, -0.2) is 76.3 Å². The molecular weight excluding hydrogens is 420 g/mol. The number of hydrogen-bond donors (Lipinski definition) is 2. The Morgan fingerprint density at radius 1 is 1.30 bits per heavy atom. The van der Waals surface area contributed by atoms with Crippen LogP contribution in [-0.2, 0) is 11.2 Å². The van der Waals surface area contributed by atoms with E-state index < -0.39 is 0 Å². The predicted molar refractivity (Wildman–Crippen MR) is 124 cm³/mol. The smallest absolute Gasteiger partial charge is 0.290 e. The highest BCUT2D eigenvalue weighted by Crippen LogP contribution is 2.42. The third-order valence-corrected chi connectivity index (χ3v) is 7.55. The summed E-state index contributed by atoms with van der Waals surface area (Å²) in [7, 11) is 1.73. The van der Waals surface area contributed by atoms with Gasteiger partial charge in [0, 0.05) is 30.9 Å². The standard InChI is InChI=1S/C24H32N4O2.CH2O2/c1-16-21(13-25-26-16)24(29)27-14-18-12-19(15-27)23(28-9-4-3-8-22(18)28)11-17-6-5-7-20(10-17)30-2;2-1-3/h5-7,10,13,18-19,22-23H,3-4,8-9,11-12,14-15H2,1-2H3,(H,25,26);1H,(H,2,3)/t18-,19+,22+,23+;/m1./s1. The molecule has 8 nitrogen and oxygen atoms in total. The topological polar surface area (TPSA) is 98.8 Å². The highest BCUT2D eigenvalue weighted by Gasteiger charge is 2.48. The van der Waals surface area contributed by atoms with Crippen LogP contribution in [0, 0.1) is 18.8 Å². The SMILES string of the molecule is COc1cccc(C[C@H]2[C@H]3C[C@H](CN(C(=O)c4cn[nH]c4C)C3)[C@@H]3CCCCN32)c1.O=CO. The lowest BCUT2D eigenvalue weighted by Gasteiger charge is -2.57. The van der Waals surface area contributed by atoms with Gasteiger partial charge in [0.15, 0.2) is 0 Å². The molecule has 1 amide bonds. The highest BCUT2D eigenvalue weighted by atomic mass is 16.5. The molecule has 3 saturated heterocycles. The number of carbonyl (C=O) groups excluding carboxylic acids is 1. The first-order valence-electron chi connectivity index (χ1n) is 11.8. The van der Waals surface area contributed by atoms with Gasteiger partial charge in [0.25, 0.3) is 12.4 Å². The third kappa shape index (κ3) is 4.90. The van der Waals surface area contributed by atoms with Gasteiger partial charge in [0.1, 0.15) is 5.75 Å². The fraction of sp³-hybridized carbons (Fsp3) is 0.560. The molecule has 0 aliphatic carbocycles. The van der Waals surface area contributed by atoms with E-state index in [1.807, 2.05) is 13.0 Å². The number of fused-ring (bicyclic) bond motifs is 4. The van der Waals surface area contributed by atoms with Crippen molar-refractivity contribution in [3.63, 3.8) is 0 Å². The van der Waals surface area contributed by atoms with Crippen LogP contribution in [0.2, 0.25) is 0 Å². The van der Waals surface area contributed by atoms with Crippen molar-refractivity contribution in [3.05, 3.63) is 47.3 Å². The zero-order chi connectivity index (χ0) is 23.4. The maximum absolute atomic E-state index is 13.3. The zero-order valence-electron chi connectivity index (χ0n) is 19.4. The second kappa shape index (κ2) is 10.4. The molecule has 178 valence electrons. The summed E-state index contributed by atoms with van der Waals surface area (Å²) in [6, 6.07) is 9.58. The Labute approximate surface area is 194 Å². The predicted octanol–water partition coefficient (Wildman–Crippen LogP) is 2.99. The van der Waals surface area contributed by atoms with Gasteiger partial charge in [-0.05, 0) is 68.7 Å². The number of hydrogen-bond acceptors (Lipinski definition) is 5. The number of nitrogens with zero attached hydrogens (tertiary/aromatic N) is 3. The molecule has 2 aromatic rings. The van der Waals surface area contributed by atoms with E-state index in [1.165, 1.54) is 37.8 Å². The Kier molecular flexibility index (Phi) is 7.33. The van der Waals surface area contributed by atoms with E-state index in [4.69, 9.17) is 14.6 Å². The highest BCUT2D eigenvalue weighted by molar-refractivity contribution is 5.95. The van der Waals surface area contributed by atoms with Crippen LogP contribution in [0.15, 0.2) is 30.5 Å². The first kappa shape index (κ1) is 23.3. The number of ether oxygens (including phenoxy) is 1. The van der Waals surface area contributed by atoms with Crippen molar-refractivity contribution < 1.29 is 19.4 Å². The van der Waals surface area contributed by atoms with Gasteiger partial charge in [-0.1, -0.05) is 18.6 Å². The van der Waals surface area contributed by atoms with E-state index >= 15 is 0 Å². The van der Waals surface area contributed by atoms with E-state index in [1.54, 1.807) is 13.3 Å². The van der Waals surface area contributed by atoms with E-state index in [2.05, 4.69) is 38.2 Å². The fourth-order valence-corrected chi connectivity index (χ4v) is 6.13. The van der Waals surface area contributed by atoms with Crippen molar-refractivity contribution in [2.75, 3.05) is 26.7 Å². The lowest BCUT2D eigenvalue weighted by molar-refractivity contribution is -0.122. The third-order valence-electron chi connectivity index (χ3n) is 7.55. The average Bonchev–Trinajstić information content (AvgIpc) is 3.27. The van der Waals surface area contributed by atoms with Crippen molar-refractivity contribution in [1.82, 2.24) is 20.0 Å². The lowest BCUT2D eigenvalue weighted by Crippen LogP contribution is -2.64. The second-order valence-electron chi connectivity index (χ2n) is 9.40. The molecule has 5 rings (SSSR count). The van der Waals surface area contributed by atoms with Crippen LogP contribution >= 0.6 is 0 Å². The molecule has 0 spiro atoms. The largest absolute Gasteiger partial charge is 0.497 e. The van der Waals surface area contributed by atoms with Crippen molar-refractivity contribution in [2.24, 2.45) is 11.8 Å². The summed E-state index contributed by atoms with van der Waals surface area (Å²) >= 11 is 0. The summed E-state index contributed by atoms with van der Waals surface area (Å²) in [5, 5.41) is 13.9. The Hall–Kier alpha value is -2.87. The van der Waals surface area contributed by atoms with Crippen molar-refractivity contribution in [3.8, 4) is 5.75 Å². The molecule has 3 aliphatic heterocycles. The first-order chi connectivity index (χ1) is 16.0. The van der Waals surface area contributed by atoms with Gasteiger partial charge in [0.2, 0.25) is 0 Å². The van der Waals surface area contributed by atoms with Crippen molar-refractivity contribution in [2.45, 2.75) is 51.1 Å². The number of nitrogens with one attached hydrogen (secondary N) is 1. The first-order valence-corrected chi connectivity index (χ1v) is 11.8. The number of carbonyl (C=O) groups is 2. The molecule has 4 heterocycles. The summed E-state index contributed by atoms with van der Waals surface area (Å²) in [5.74, 6) is 2.16. The quantitative estimate of drug-likeness (QED) is 0.689. The molecule has 0 radical (unpaired) electrons. The van der Waals surface area contributed by atoms with E-state index in [0.29, 0.717) is 23.9 Å². The second-order valence-corrected chi connectivity index (χ2v) is 9.40.